The second kappa shape index (κ2) is 3.73. The van der Waals surface area contributed by atoms with E-state index in [9.17, 15) is 0 Å². The van der Waals surface area contributed by atoms with Gasteiger partial charge in [-0.15, -0.1) is 0 Å². The average molecular weight is 197 g/mol. The van der Waals surface area contributed by atoms with Crippen molar-refractivity contribution in [2.75, 3.05) is 0 Å². The van der Waals surface area contributed by atoms with Gasteiger partial charge in [-0.25, -0.2) is 0 Å². The average Bonchev–Trinajstić information content (AvgIpc) is 2.12. The summed E-state index contributed by atoms with van der Waals surface area (Å²) in [4.78, 5) is 4.02. The summed E-state index contributed by atoms with van der Waals surface area (Å²) in [6.07, 6.45) is 0. The van der Waals surface area contributed by atoms with Crippen LogP contribution in [0.4, 0.5) is 0 Å². The van der Waals surface area contributed by atoms with E-state index in [1.54, 1.807) is 13.8 Å². The van der Waals surface area contributed by atoms with Crippen molar-refractivity contribution in [1.82, 2.24) is 4.98 Å². The molecule has 1 heterocycles. The van der Waals surface area contributed by atoms with Crippen molar-refractivity contribution in [3.05, 3.63) is 27.5 Å². The van der Waals surface area contributed by atoms with Crippen molar-refractivity contribution in [3.63, 3.8) is 0 Å². The first kappa shape index (κ1) is 9.97. The highest BCUT2D eigenvalue weighted by atomic mass is 35.5. The van der Waals surface area contributed by atoms with Crippen LogP contribution in [0, 0.1) is 25.2 Å². The molecule has 0 aliphatic rings. The SMILES string of the molecule is Cc1nc(CO)c(Cl)c(C)c1C#N. The number of hydrogen-bond acceptors (Lipinski definition) is 3. The fourth-order valence-corrected chi connectivity index (χ4v) is 1.37. The van der Waals surface area contributed by atoms with Crippen LogP contribution in [-0.2, 0) is 6.61 Å². The maximum atomic E-state index is 8.90. The Morgan fingerprint density at radius 3 is 2.62 bits per heavy atom. The van der Waals surface area contributed by atoms with Crippen LogP contribution in [0.5, 0.6) is 0 Å². The molecule has 0 aliphatic heterocycles. The minimum atomic E-state index is -0.202. The summed E-state index contributed by atoms with van der Waals surface area (Å²) in [6, 6.07) is 2.03. The lowest BCUT2D eigenvalue weighted by atomic mass is 10.1. The van der Waals surface area contributed by atoms with Crippen molar-refractivity contribution in [3.8, 4) is 6.07 Å². The molecule has 4 heteroatoms. The summed E-state index contributed by atoms with van der Waals surface area (Å²) in [7, 11) is 0. The van der Waals surface area contributed by atoms with E-state index in [1.807, 2.05) is 6.07 Å². The molecule has 1 aromatic rings. The van der Waals surface area contributed by atoms with Crippen LogP contribution in [0.2, 0.25) is 5.02 Å². The maximum Gasteiger partial charge on any atom is 0.101 e. The van der Waals surface area contributed by atoms with Gasteiger partial charge in [-0.2, -0.15) is 5.26 Å². The van der Waals surface area contributed by atoms with Gasteiger partial charge in [0, 0.05) is 0 Å². The highest BCUT2D eigenvalue weighted by Gasteiger charge is 2.11. The third kappa shape index (κ3) is 1.64. The number of aryl methyl sites for hydroxylation is 1. The summed E-state index contributed by atoms with van der Waals surface area (Å²) in [5.41, 5.74) is 2.20. The number of pyridine rings is 1. The number of halogens is 1. The Bertz CT molecular complexity index is 381. The fraction of sp³-hybridized carbons (Fsp3) is 0.333. The molecule has 68 valence electrons. The Labute approximate surface area is 81.6 Å². The number of aromatic nitrogens is 1. The lowest BCUT2D eigenvalue weighted by Gasteiger charge is -2.07. The fourth-order valence-electron chi connectivity index (χ4n) is 1.17. The van der Waals surface area contributed by atoms with E-state index in [0.717, 1.165) is 0 Å². The van der Waals surface area contributed by atoms with Gasteiger partial charge in [0.25, 0.3) is 0 Å². The van der Waals surface area contributed by atoms with E-state index in [-0.39, 0.29) is 6.61 Å². The molecule has 0 atom stereocenters. The molecule has 3 nitrogen and oxygen atoms in total. The zero-order valence-corrected chi connectivity index (χ0v) is 8.18. The summed E-state index contributed by atoms with van der Waals surface area (Å²) in [6.45, 7) is 3.27. The molecule has 1 aromatic heterocycles. The van der Waals surface area contributed by atoms with Gasteiger partial charge in [0.2, 0.25) is 0 Å². The summed E-state index contributed by atoms with van der Waals surface area (Å²) in [5.74, 6) is 0. The van der Waals surface area contributed by atoms with Crippen LogP contribution < -0.4 is 0 Å². The quantitative estimate of drug-likeness (QED) is 0.744. The largest absolute Gasteiger partial charge is 0.390 e. The Hall–Kier alpha value is -1.11. The summed E-state index contributed by atoms with van der Waals surface area (Å²) in [5, 5.41) is 18.1. The maximum absolute atomic E-state index is 8.90. The van der Waals surface area contributed by atoms with E-state index in [2.05, 4.69) is 4.98 Å². The topological polar surface area (TPSA) is 56.9 Å². The molecule has 0 spiro atoms. The highest BCUT2D eigenvalue weighted by Crippen LogP contribution is 2.23. The molecule has 13 heavy (non-hydrogen) atoms. The Morgan fingerprint density at radius 2 is 2.15 bits per heavy atom. The van der Waals surface area contributed by atoms with Gasteiger partial charge < -0.3 is 5.11 Å². The molecule has 0 aromatic carbocycles. The van der Waals surface area contributed by atoms with Crippen LogP contribution in [0.25, 0.3) is 0 Å². The van der Waals surface area contributed by atoms with E-state index >= 15 is 0 Å². The van der Waals surface area contributed by atoms with E-state index in [4.69, 9.17) is 22.0 Å². The molecule has 0 unspecified atom stereocenters. The van der Waals surface area contributed by atoms with Gasteiger partial charge in [-0.05, 0) is 19.4 Å². The van der Waals surface area contributed by atoms with Crippen molar-refractivity contribution in [2.45, 2.75) is 20.5 Å². The van der Waals surface area contributed by atoms with E-state index in [1.165, 1.54) is 0 Å². The third-order valence-electron chi connectivity index (χ3n) is 1.88. The highest BCUT2D eigenvalue weighted by molar-refractivity contribution is 6.32. The van der Waals surface area contributed by atoms with Crippen molar-refractivity contribution in [1.29, 1.82) is 5.26 Å². The molecular formula is C9H9ClN2O. The van der Waals surface area contributed by atoms with Crippen LogP contribution in [-0.4, -0.2) is 10.1 Å². The lowest BCUT2D eigenvalue weighted by molar-refractivity contribution is 0.276. The molecule has 0 fully saturated rings. The van der Waals surface area contributed by atoms with Gasteiger partial charge in [0.05, 0.1) is 28.6 Å². The van der Waals surface area contributed by atoms with E-state index in [0.29, 0.717) is 27.5 Å². The normalized spacial score (nSPS) is 9.77. The molecule has 0 bridgehead atoms. The van der Waals surface area contributed by atoms with Crippen LogP contribution in [0.1, 0.15) is 22.5 Å². The molecule has 1 rings (SSSR count). The number of nitriles is 1. The van der Waals surface area contributed by atoms with Gasteiger partial charge in [-0.1, -0.05) is 11.6 Å². The molecule has 0 radical (unpaired) electrons. The van der Waals surface area contributed by atoms with Crippen molar-refractivity contribution in [2.24, 2.45) is 0 Å². The van der Waals surface area contributed by atoms with E-state index < -0.39 is 0 Å². The van der Waals surface area contributed by atoms with Gasteiger partial charge in [0.15, 0.2) is 0 Å². The molecule has 0 saturated carbocycles. The zero-order valence-electron chi connectivity index (χ0n) is 7.43. The standard InChI is InChI=1S/C9H9ClN2O/c1-5-7(3-11)6(2)12-8(4-13)9(5)10/h13H,4H2,1-2H3. The second-order valence-electron chi connectivity index (χ2n) is 2.73. The molecule has 0 amide bonds. The number of nitrogens with zero attached hydrogens (tertiary/aromatic N) is 2. The monoisotopic (exact) mass is 196 g/mol. The van der Waals surface area contributed by atoms with Gasteiger partial charge >= 0.3 is 0 Å². The second-order valence-corrected chi connectivity index (χ2v) is 3.11. The Kier molecular flexibility index (Phi) is 2.86. The van der Waals surface area contributed by atoms with Crippen LogP contribution >= 0.6 is 11.6 Å². The van der Waals surface area contributed by atoms with Crippen molar-refractivity contribution < 1.29 is 5.11 Å². The minimum Gasteiger partial charge on any atom is -0.390 e. The summed E-state index contributed by atoms with van der Waals surface area (Å²) < 4.78 is 0. The first-order chi connectivity index (χ1) is 6.11. The minimum absolute atomic E-state index is 0.202. The third-order valence-corrected chi connectivity index (χ3v) is 2.39. The lowest BCUT2D eigenvalue weighted by Crippen LogP contribution is -2.00. The van der Waals surface area contributed by atoms with Crippen LogP contribution in [0.15, 0.2) is 0 Å². The number of aliphatic hydroxyl groups is 1. The van der Waals surface area contributed by atoms with Crippen LogP contribution in [0.3, 0.4) is 0 Å². The Balaban J connectivity index is 3.48. The molecular weight excluding hydrogens is 188 g/mol. The van der Waals surface area contributed by atoms with Crippen molar-refractivity contribution >= 4 is 11.6 Å². The molecule has 1 N–H and O–H groups in total. The molecule has 0 saturated heterocycles. The smallest absolute Gasteiger partial charge is 0.101 e. The first-order valence-electron chi connectivity index (χ1n) is 3.78. The predicted octanol–water partition coefficient (Wildman–Crippen LogP) is 1.72. The summed E-state index contributed by atoms with van der Waals surface area (Å²) >= 11 is 5.88. The predicted molar refractivity (Wildman–Crippen MR) is 49.4 cm³/mol. The zero-order chi connectivity index (χ0) is 10.0. The molecule has 0 aliphatic carbocycles. The number of aliphatic hydroxyl groups excluding tert-OH is 1. The number of hydrogen-bond donors (Lipinski definition) is 1. The van der Waals surface area contributed by atoms with Gasteiger partial charge in [0.1, 0.15) is 6.07 Å². The van der Waals surface area contributed by atoms with Gasteiger partial charge in [-0.3, -0.25) is 4.98 Å². The first-order valence-corrected chi connectivity index (χ1v) is 4.16. The number of rotatable bonds is 1. The Morgan fingerprint density at radius 1 is 1.54 bits per heavy atom.